The van der Waals surface area contributed by atoms with E-state index >= 15 is 0 Å². The Balaban J connectivity index is 2.15. The first-order valence-electron chi connectivity index (χ1n) is 7.38. The minimum absolute atomic E-state index is 0.198. The van der Waals surface area contributed by atoms with E-state index in [1.807, 2.05) is 13.8 Å². The Morgan fingerprint density at radius 1 is 1.32 bits per heavy atom. The summed E-state index contributed by atoms with van der Waals surface area (Å²) < 4.78 is 5.24. The molecule has 1 aromatic carbocycles. The molecule has 120 valence electrons. The van der Waals surface area contributed by atoms with Crippen LogP contribution in [0.5, 0.6) is 5.75 Å². The summed E-state index contributed by atoms with van der Waals surface area (Å²) >= 11 is 6.05. The van der Waals surface area contributed by atoms with Gasteiger partial charge in [-0.15, -0.1) is 0 Å². The van der Waals surface area contributed by atoms with E-state index in [-0.39, 0.29) is 11.8 Å². The Kier molecular flexibility index (Phi) is 4.96. The highest BCUT2D eigenvalue weighted by Crippen LogP contribution is 2.47. The highest BCUT2D eigenvalue weighted by atomic mass is 35.5. The standard InChI is InChI=1S/C16H21ClN2O3/c1-4-7-18-14(20)16(5-6-16)15(21)19-12-8-10(2)11(17)9-13(12)22-3/h8-9H,4-7H2,1-3H3,(H,18,20)(H,19,21). The second-order valence-corrected chi connectivity index (χ2v) is 6.00. The van der Waals surface area contributed by atoms with Crippen molar-refractivity contribution in [2.45, 2.75) is 33.1 Å². The molecule has 1 saturated carbocycles. The van der Waals surface area contributed by atoms with Gasteiger partial charge in [0.15, 0.2) is 0 Å². The number of rotatable bonds is 6. The summed E-state index contributed by atoms with van der Waals surface area (Å²) in [6, 6.07) is 3.41. The topological polar surface area (TPSA) is 67.4 Å². The van der Waals surface area contributed by atoms with Crippen LogP contribution in [-0.4, -0.2) is 25.5 Å². The van der Waals surface area contributed by atoms with E-state index in [9.17, 15) is 9.59 Å². The number of aryl methyl sites for hydroxylation is 1. The van der Waals surface area contributed by atoms with Crippen molar-refractivity contribution in [3.63, 3.8) is 0 Å². The summed E-state index contributed by atoms with van der Waals surface area (Å²) in [5, 5.41) is 6.17. The van der Waals surface area contributed by atoms with Gasteiger partial charge in [0.2, 0.25) is 11.8 Å². The first-order valence-corrected chi connectivity index (χ1v) is 7.76. The van der Waals surface area contributed by atoms with Crippen LogP contribution in [0.2, 0.25) is 5.02 Å². The number of ether oxygens (including phenoxy) is 1. The van der Waals surface area contributed by atoms with E-state index in [0.29, 0.717) is 35.8 Å². The zero-order chi connectivity index (χ0) is 16.3. The van der Waals surface area contributed by atoms with Gasteiger partial charge >= 0.3 is 0 Å². The number of amides is 2. The molecule has 0 bridgehead atoms. The van der Waals surface area contributed by atoms with Crippen molar-refractivity contribution in [1.82, 2.24) is 5.32 Å². The fourth-order valence-electron chi connectivity index (χ4n) is 2.26. The monoisotopic (exact) mass is 324 g/mol. The maximum absolute atomic E-state index is 12.5. The highest BCUT2D eigenvalue weighted by Gasteiger charge is 2.56. The Morgan fingerprint density at radius 2 is 2.00 bits per heavy atom. The van der Waals surface area contributed by atoms with Gasteiger partial charge in [-0.1, -0.05) is 18.5 Å². The molecule has 5 nitrogen and oxygen atoms in total. The van der Waals surface area contributed by atoms with Gasteiger partial charge in [0, 0.05) is 17.6 Å². The van der Waals surface area contributed by atoms with Gasteiger partial charge in [0.1, 0.15) is 11.2 Å². The third-order valence-electron chi connectivity index (χ3n) is 3.88. The lowest BCUT2D eigenvalue weighted by atomic mass is 10.0. The summed E-state index contributed by atoms with van der Waals surface area (Å²) in [5.41, 5.74) is 0.426. The molecule has 6 heteroatoms. The van der Waals surface area contributed by atoms with Crippen LogP contribution in [0.15, 0.2) is 12.1 Å². The molecule has 2 N–H and O–H groups in total. The van der Waals surface area contributed by atoms with E-state index in [1.165, 1.54) is 7.11 Å². The van der Waals surface area contributed by atoms with E-state index < -0.39 is 5.41 Å². The van der Waals surface area contributed by atoms with Crippen molar-refractivity contribution < 1.29 is 14.3 Å². The Labute approximate surface area is 135 Å². The van der Waals surface area contributed by atoms with E-state index in [4.69, 9.17) is 16.3 Å². The van der Waals surface area contributed by atoms with Crippen molar-refractivity contribution in [2.75, 3.05) is 19.0 Å². The fourth-order valence-corrected chi connectivity index (χ4v) is 2.42. The minimum atomic E-state index is -0.937. The predicted octanol–water partition coefficient (Wildman–Crippen LogP) is 2.90. The number of carbonyl (C=O) groups is 2. The number of benzene rings is 1. The smallest absolute Gasteiger partial charge is 0.240 e. The van der Waals surface area contributed by atoms with E-state index in [1.54, 1.807) is 12.1 Å². The molecule has 0 aliphatic heterocycles. The van der Waals surface area contributed by atoms with Gasteiger partial charge in [0.05, 0.1) is 12.8 Å². The largest absolute Gasteiger partial charge is 0.495 e. The summed E-state index contributed by atoms with van der Waals surface area (Å²) in [6.45, 7) is 4.40. The molecule has 0 atom stereocenters. The number of anilines is 1. The van der Waals surface area contributed by atoms with Crippen LogP contribution in [-0.2, 0) is 9.59 Å². The van der Waals surface area contributed by atoms with Crippen LogP contribution in [0.25, 0.3) is 0 Å². The fraction of sp³-hybridized carbons (Fsp3) is 0.500. The van der Waals surface area contributed by atoms with Gasteiger partial charge in [-0.2, -0.15) is 0 Å². The molecule has 1 aliphatic carbocycles. The first kappa shape index (κ1) is 16.6. The molecule has 0 radical (unpaired) electrons. The molecular formula is C16H21ClN2O3. The zero-order valence-corrected chi connectivity index (χ0v) is 13.8. The molecule has 22 heavy (non-hydrogen) atoms. The molecule has 2 amide bonds. The Bertz CT molecular complexity index is 597. The first-order chi connectivity index (χ1) is 10.4. The van der Waals surface area contributed by atoms with Crippen molar-refractivity contribution in [2.24, 2.45) is 5.41 Å². The third-order valence-corrected chi connectivity index (χ3v) is 4.29. The molecule has 2 rings (SSSR count). The maximum atomic E-state index is 12.5. The Morgan fingerprint density at radius 3 is 2.55 bits per heavy atom. The molecule has 0 unspecified atom stereocenters. The molecule has 0 saturated heterocycles. The zero-order valence-electron chi connectivity index (χ0n) is 13.1. The normalized spacial score (nSPS) is 15.1. The van der Waals surface area contributed by atoms with Crippen LogP contribution in [0, 0.1) is 12.3 Å². The lowest BCUT2D eigenvalue weighted by Crippen LogP contribution is -2.40. The van der Waals surface area contributed by atoms with Crippen LogP contribution in [0.4, 0.5) is 5.69 Å². The van der Waals surface area contributed by atoms with Gasteiger partial charge in [-0.25, -0.2) is 0 Å². The lowest BCUT2D eigenvalue weighted by molar-refractivity contribution is -0.134. The molecule has 1 aliphatic rings. The number of hydrogen-bond donors (Lipinski definition) is 2. The average molecular weight is 325 g/mol. The van der Waals surface area contributed by atoms with Crippen molar-refractivity contribution >= 4 is 29.1 Å². The third kappa shape index (κ3) is 3.19. The number of methoxy groups -OCH3 is 1. The van der Waals surface area contributed by atoms with Crippen LogP contribution < -0.4 is 15.4 Å². The molecular weight excluding hydrogens is 304 g/mol. The van der Waals surface area contributed by atoms with Gasteiger partial charge < -0.3 is 15.4 Å². The molecule has 1 aromatic rings. The molecule has 0 spiro atoms. The predicted molar refractivity (Wildman–Crippen MR) is 86.3 cm³/mol. The number of halogens is 1. The minimum Gasteiger partial charge on any atom is -0.495 e. The second kappa shape index (κ2) is 6.57. The SMILES string of the molecule is CCCNC(=O)C1(C(=O)Nc2cc(C)c(Cl)cc2OC)CC1. The van der Waals surface area contributed by atoms with Crippen LogP contribution in [0.1, 0.15) is 31.7 Å². The quantitative estimate of drug-likeness (QED) is 0.791. The second-order valence-electron chi connectivity index (χ2n) is 5.59. The summed E-state index contributed by atoms with van der Waals surface area (Å²) in [5.74, 6) is -0.00801. The maximum Gasteiger partial charge on any atom is 0.240 e. The molecule has 0 aromatic heterocycles. The number of nitrogens with one attached hydrogen (secondary N) is 2. The van der Waals surface area contributed by atoms with Crippen molar-refractivity contribution in [1.29, 1.82) is 0 Å². The van der Waals surface area contributed by atoms with Crippen LogP contribution >= 0.6 is 11.6 Å². The summed E-state index contributed by atoms with van der Waals surface area (Å²) in [6.07, 6.45) is 1.99. The van der Waals surface area contributed by atoms with E-state index in [2.05, 4.69) is 10.6 Å². The number of carbonyl (C=O) groups excluding carboxylic acids is 2. The highest BCUT2D eigenvalue weighted by molar-refractivity contribution is 6.31. The molecule has 0 heterocycles. The van der Waals surface area contributed by atoms with Crippen LogP contribution in [0.3, 0.4) is 0 Å². The lowest BCUT2D eigenvalue weighted by Gasteiger charge is -2.17. The Hall–Kier alpha value is -1.75. The average Bonchev–Trinajstić information content (AvgIpc) is 3.30. The summed E-state index contributed by atoms with van der Waals surface area (Å²) in [4.78, 5) is 24.7. The van der Waals surface area contributed by atoms with Crippen molar-refractivity contribution in [3.05, 3.63) is 22.7 Å². The van der Waals surface area contributed by atoms with Gasteiger partial charge in [-0.05, 0) is 37.8 Å². The van der Waals surface area contributed by atoms with Gasteiger partial charge in [-0.3, -0.25) is 9.59 Å². The van der Waals surface area contributed by atoms with E-state index in [0.717, 1.165) is 12.0 Å². The van der Waals surface area contributed by atoms with Gasteiger partial charge in [0.25, 0.3) is 0 Å². The summed E-state index contributed by atoms with van der Waals surface area (Å²) in [7, 11) is 1.51. The van der Waals surface area contributed by atoms with Crippen molar-refractivity contribution in [3.8, 4) is 5.75 Å². The molecule has 1 fully saturated rings. The number of hydrogen-bond acceptors (Lipinski definition) is 3.